The molecule has 0 aliphatic rings. The van der Waals surface area contributed by atoms with Crippen LogP contribution in [0.1, 0.15) is 0 Å². The summed E-state index contributed by atoms with van der Waals surface area (Å²) in [6.07, 6.45) is 0. The number of rotatable bonds is 0. The van der Waals surface area contributed by atoms with Crippen LogP contribution in [-0.4, -0.2) is 0 Å². The van der Waals surface area contributed by atoms with Crippen molar-refractivity contribution in [2.75, 3.05) is 0 Å². The van der Waals surface area contributed by atoms with Gasteiger partial charge in [0.25, 0.3) is 0 Å². The van der Waals surface area contributed by atoms with E-state index >= 15 is 0 Å². The molecule has 0 spiro atoms. The first-order chi connectivity index (χ1) is 5.97. The predicted octanol–water partition coefficient (Wildman–Crippen LogP) is 0.676. The number of hydrogen-bond donors (Lipinski definition) is 0. The number of nitrogens with zero attached hydrogens (tertiary/aromatic N) is 6. The molecule has 0 radical (unpaired) electrons. The zero-order valence-corrected chi connectivity index (χ0v) is 9.26. The van der Waals surface area contributed by atoms with Crippen LogP contribution in [-0.2, 0) is 10.7 Å². The fourth-order valence-electron chi connectivity index (χ4n) is 0.265. The second-order valence-electron chi connectivity index (χ2n) is 1.80. The van der Waals surface area contributed by atoms with Crippen LogP contribution >= 0.6 is 17.0 Å². The molecule has 8 heteroatoms. The SMILES string of the molecule is Br.N#[C][Fe]([C]#N)([C]#N)([C]#N)([C]#N)[C]#N. The second kappa shape index (κ2) is 3.01. The molecular formula is C6HBrFeN6. The number of halogens is 1. The Kier molecular flexibility index (Phi) is 3.11. The van der Waals surface area contributed by atoms with Gasteiger partial charge in [0, 0.05) is 0 Å². The summed E-state index contributed by atoms with van der Waals surface area (Å²) in [6, 6.07) is 0. The Bertz CT molecular complexity index is 392. The van der Waals surface area contributed by atoms with Crippen molar-refractivity contribution in [2.24, 2.45) is 0 Å². The quantitative estimate of drug-likeness (QED) is 0.600. The van der Waals surface area contributed by atoms with E-state index in [0.29, 0.717) is 0 Å². The van der Waals surface area contributed by atoms with E-state index in [9.17, 15) is 0 Å². The van der Waals surface area contributed by atoms with Gasteiger partial charge in [0.15, 0.2) is 0 Å². The predicted molar refractivity (Wildman–Crippen MR) is 44.0 cm³/mol. The molecule has 0 aliphatic heterocycles. The van der Waals surface area contributed by atoms with Gasteiger partial charge < -0.3 is 0 Å². The Morgan fingerprint density at radius 1 is 0.500 bits per heavy atom. The van der Waals surface area contributed by atoms with E-state index in [-0.39, 0.29) is 17.0 Å². The summed E-state index contributed by atoms with van der Waals surface area (Å²) in [7, 11) is -6.17. The Hall–Kier alpha value is -2.06. The van der Waals surface area contributed by atoms with Crippen molar-refractivity contribution >= 4 is 17.0 Å². The van der Waals surface area contributed by atoms with Crippen LogP contribution in [0.2, 0.25) is 0 Å². The molecule has 0 rings (SSSR count). The Labute approximate surface area is 89.1 Å². The maximum absolute atomic E-state index is 8.58. The van der Waals surface area contributed by atoms with Gasteiger partial charge in [-0.3, -0.25) is 0 Å². The van der Waals surface area contributed by atoms with Crippen LogP contribution in [0.5, 0.6) is 0 Å². The van der Waals surface area contributed by atoms with Gasteiger partial charge in [-0.25, -0.2) is 0 Å². The molecule has 0 N–H and O–H groups in total. The summed E-state index contributed by atoms with van der Waals surface area (Å²) in [4.78, 5) is 6.19. The fraction of sp³-hybridized carbons (Fsp3) is 0. The topological polar surface area (TPSA) is 143 Å². The van der Waals surface area contributed by atoms with E-state index in [2.05, 4.69) is 0 Å². The van der Waals surface area contributed by atoms with Crippen LogP contribution in [0.4, 0.5) is 0 Å². The van der Waals surface area contributed by atoms with Crippen LogP contribution in [0.25, 0.3) is 0 Å². The number of nitriles is 6. The van der Waals surface area contributed by atoms with Crippen molar-refractivity contribution in [3.05, 3.63) is 0 Å². The normalized spacial score (nSPS) is 12.4. The molecular weight excluding hydrogens is 292 g/mol. The first kappa shape index (κ1) is 14.5. The van der Waals surface area contributed by atoms with Crippen molar-refractivity contribution in [3.63, 3.8) is 0 Å². The van der Waals surface area contributed by atoms with Gasteiger partial charge in [0.05, 0.1) is 0 Å². The molecule has 0 aromatic rings. The average molecular weight is 293 g/mol. The van der Waals surface area contributed by atoms with E-state index in [1.165, 1.54) is 0 Å². The minimum atomic E-state index is -6.17. The van der Waals surface area contributed by atoms with Crippen molar-refractivity contribution in [1.29, 1.82) is 31.6 Å². The van der Waals surface area contributed by atoms with E-state index in [4.69, 9.17) is 31.6 Å². The molecule has 0 bridgehead atoms. The van der Waals surface area contributed by atoms with Gasteiger partial charge in [0.1, 0.15) is 0 Å². The van der Waals surface area contributed by atoms with E-state index < -0.39 is 10.7 Å². The zero-order chi connectivity index (χ0) is 10.7. The molecule has 0 aromatic heterocycles. The summed E-state index contributed by atoms with van der Waals surface area (Å²) in [6.45, 7) is 0. The van der Waals surface area contributed by atoms with Crippen molar-refractivity contribution in [3.8, 4) is 29.8 Å². The summed E-state index contributed by atoms with van der Waals surface area (Å²) >= 11 is 0. The summed E-state index contributed by atoms with van der Waals surface area (Å²) in [5.74, 6) is 0. The van der Waals surface area contributed by atoms with Crippen LogP contribution in [0.3, 0.4) is 0 Å². The van der Waals surface area contributed by atoms with Gasteiger partial charge in [-0.05, 0) is 0 Å². The molecule has 0 heterocycles. The number of hydrogen-bond acceptors (Lipinski definition) is 6. The average Bonchev–Trinajstić information content (AvgIpc) is 2.26. The Morgan fingerprint density at radius 2 is 0.643 bits per heavy atom. The van der Waals surface area contributed by atoms with Crippen molar-refractivity contribution in [2.45, 2.75) is 0 Å². The van der Waals surface area contributed by atoms with Gasteiger partial charge in [0.2, 0.25) is 0 Å². The molecule has 0 atom stereocenters. The molecule has 6 nitrogen and oxygen atoms in total. The molecule has 0 aliphatic carbocycles. The first-order valence-corrected chi connectivity index (χ1v) is 5.71. The van der Waals surface area contributed by atoms with Crippen LogP contribution in [0, 0.1) is 61.4 Å². The van der Waals surface area contributed by atoms with E-state index in [1.54, 1.807) is 0 Å². The van der Waals surface area contributed by atoms with Gasteiger partial charge >= 0.3 is 72.1 Å². The van der Waals surface area contributed by atoms with Crippen molar-refractivity contribution in [1.82, 2.24) is 0 Å². The summed E-state index contributed by atoms with van der Waals surface area (Å²) in [5, 5.41) is 51.5. The summed E-state index contributed by atoms with van der Waals surface area (Å²) in [5.41, 5.74) is 0. The molecule has 70 valence electrons. The third-order valence-corrected chi connectivity index (χ3v) is 4.89. The molecule has 14 heavy (non-hydrogen) atoms. The fourth-order valence-corrected chi connectivity index (χ4v) is 1.09. The molecule has 0 saturated carbocycles. The molecule has 0 fully saturated rings. The standard InChI is InChI=1S/6CN.BrH.Fe/c6*1-2;;/h;;;;;;1H;. The second-order valence-corrected chi connectivity index (χ2v) is 7.42. The van der Waals surface area contributed by atoms with Crippen LogP contribution < -0.4 is 0 Å². The van der Waals surface area contributed by atoms with E-state index in [0.717, 1.165) is 29.8 Å². The molecule has 0 aromatic carbocycles. The third-order valence-electron chi connectivity index (χ3n) is 1.19. The van der Waals surface area contributed by atoms with Gasteiger partial charge in [-0.2, -0.15) is 0 Å². The van der Waals surface area contributed by atoms with Gasteiger partial charge in [-0.15, -0.1) is 17.0 Å². The third kappa shape index (κ3) is 1.02. The summed E-state index contributed by atoms with van der Waals surface area (Å²) < 4.78 is 0. The van der Waals surface area contributed by atoms with Gasteiger partial charge in [-0.1, -0.05) is 0 Å². The maximum atomic E-state index is 8.58. The Morgan fingerprint density at radius 3 is 0.643 bits per heavy atom. The van der Waals surface area contributed by atoms with E-state index in [1.807, 2.05) is 0 Å². The molecule has 0 amide bonds. The monoisotopic (exact) mass is 292 g/mol. The minimum absolute atomic E-state index is 0. The Balaban J connectivity index is 0. The first-order valence-electron chi connectivity index (χ1n) is 2.40. The van der Waals surface area contributed by atoms with Crippen LogP contribution in [0.15, 0.2) is 0 Å². The molecule has 0 saturated heterocycles. The zero-order valence-electron chi connectivity index (χ0n) is 6.45. The molecule has 0 unspecified atom stereocenters. The van der Waals surface area contributed by atoms with Crippen molar-refractivity contribution < 1.29 is 10.7 Å².